The lowest BCUT2D eigenvalue weighted by molar-refractivity contribution is 0.0725. The molecule has 2 N–H and O–H groups in total. The van der Waals surface area contributed by atoms with Crippen molar-refractivity contribution in [3.8, 4) is 5.75 Å². The van der Waals surface area contributed by atoms with Crippen LogP contribution in [0.1, 0.15) is 40.0 Å². The van der Waals surface area contributed by atoms with Crippen molar-refractivity contribution in [1.82, 2.24) is 10.2 Å². The molecule has 1 aliphatic rings. The van der Waals surface area contributed by atoms with Crippen molar-refractivity contribution >= 4 is 50.8 Å². The second-order valence-electron chi connectivity index (χ2n) is 7.29. The number of likely N-dealkylation sites (tertiary alicyclic amines) is 1. The first-order chi connectivity index (χ1) is 15.5. The van der Waals surface area contributed by atoms with Gasteiger partial charge in [-0.1, -0.05) is 12.1 Å². The number of methoxy groups -OCH3 is 1. The number of nitrogens with one attached hydrogen (secondary N) is 2. The number of piperidine rings is 1. The van der Waals surface area contributed by atoms with Crippen LogP contribution in [0, 0.1) is 0 Å². The largest absolute Gasteiger partial charge is 0.490 e. The lowest BCUT2D eigenvalue weighted by Crippen LogP contribution is -2.37. The summed E-state index contributed by atoms with van der Waals surface area (Å²) in [6.45, 7) is 2.39. The maximum Gasteiger partial charge on any atom is 0.257 e. The molecule has 0 spiro atoms. The van der Waals surface area contributed by atoms with E-state index in [-0.39, 0.29) is 16.9 Å². The van der Waals surface area contributed by atoms with Crippen molar-refractivity contribution in [2.24, 2.45) is 0 Å². The number of anilines is 1. The van der Waals surface area contributed by atoms with Gasteiger partial charge in [0.2, 0.25) is 0 Å². The monoisotopic (exact) mass is 519 g/mol. The first-order valence-corrected chi connectivity index (χ1v) is 11.6. The van der Waals surface area contributed by atoms with Gasteiger partial charge in [-0.05, 0) is 77.7 Å². The van der Waals surface area contributed by atoms with Crippen molar-refractivity contribution < 1.29 is 19.1 Å². The summed E-state index contributed by atoms with van der Waals surface area (Å²) < 4.78 is 11.2. The standard InChI is InChI=1S/C23H26BrN3O4S/c1-30-13-14-31-20-10-9-16(15-18(20)24)21(28)26-23(32)25-19-8-4-3-7-17(19)22(29)27-11-5-2-6-12-27/h3-4,7-10,15H,2,5-6,11-14H2,1H3,(H2,25,26,28,32). The summed E-state index contributed by atoms with van der Waals surface area (Å²) in [6, 6.07) is 12.2. The van der Waals surface area contributed by atoms with Gasteiger partial charge in [-0.2, -0.15) is 0 Å². The van der Waals surface area contributed by atoms with Gasteiger partial charge in [0, 0.05) is 25.8 Å². The number of hydrogen-bond acceptors (Lipinski definition) is 5. The summed E-state index contributed by atoms with van der Waals surface area (Å²) >= 11 is 8.74. The molecule has 0 bridgehead atoms. The quantitative estimate of drug-likeness (QED) is 0.421. The molecule has 0 radical (unpaired) electrons. The summed E-state index contributed by atoms with van der Waals surface area (Å²) in [5.74, 6) is 0.214. The first-order valence-electron chi connectivity index (χ1n) is 10.4. The van der Waals surface area contributed by atoms with Gasteiger partial charge in [-0.3, -0.25) is 14.9 Å². The van der Waals surface area contributed by atoms with E-state index < -0.39 is 0 Å². The highest BCUT2D eigenvalue weighted by Gasteiger charge is 2.21. The Morgan fingerprint density at radius 3 is 2.56 bits per heavy atom. The Balaban J connectivity index is 1.63. The van der Waals surface area contributed by atoms with Crippen LogP contribution in [0.15, 0.2) is 46.9 Å². The predicted octanol–water partition coefficient (Wildman–Crippen LogP) is 4.23. The Morgan fingerprint density at radius 1 is 1.09 bits per heavy atom. The molecule has 0 atom stereocenters. The molecule has 7 nitrogen and oxygen atoms in total. The maximum absolute atomic E-state index is 12.9. The van der Waals surface area contributed by atoms with E-state index in [0.717, 1.165) is 32.4 Å². The van der Waals surface area contributed by atoms with Crippen LogP contribution >= 0.6 is 28.1 Å². The number of thiocarbonyl (C=S) groups is 1. The van der Waals surface area contributed by atoms with Crippen LogP contribution in [-0.2, 0) is 4.74 Å². The highest BCUT2D eigenvalue weighted by atomic mass is 79.9. The van der Waals surface area contributed by atoms with Crippen molar-refractivity contribution in [2.75, 3.05) is 38.7 Å². The first kappa shape index (κ1) is 24.2. The predicted molar refractivity (Wildman–Crippen MR) is 131 cm³/mol. The SMILES string of the molecule is COCCOc1ccc(C(=O)NC(=S)Nc2ccccc2C(=O)N2CCCCC2)cc1Br. The highest BCUT2D eigenvalue weighted by molar-refractivity contribution is 9.10. The van der Waals surface area contributed by atoms with Gasteiger partial charge in [0.15, 0.2) is 5.11 Å². The number of nitrogens with zero attached hydrogens (tertiary/aromatic N) is 1. The molecule has 3 rings (SSSR count). The Labute approximate surface area is 201 Å². The number of para-hydroxylation sites is 1. The molecular formula is C23H26BrN3O4S. The van der Waals surface area contributed by atoms with Crippen molar-refractivity contribution in [3.63, 3.8) is 0 Å². The van der Waals surface area contributed by atoms with E-state index in [1.165, 1.54) is 0 Å². The fraction of sp³-hybridized carbons (Fsp3) is 0.348. The van der Waals surface area contributed by atoms with E-state index in [9.17, 15) is 9.59 Å². The average Bonchev–Trinajstić information content (AvgIpc) is 2.80. The number of hydrogen-bond donors (Lipinski definition) is 2. The Kier molecular flexibility index (Phi) is 9.01. The normalized spacial score (nSPS) is 13.4. The van der Waals surface area contributed by atoms with Crippen molar-refractivity contribution in [3.05, 3.63) is 58.1 Å². The molecule has 0 aromatic heterocycles. The van der Waals surface area contributed by atoms with Crippen LogP contribution in [0.4, 0.5) is 5.69 Å². The van der Waals surface area contributed by atoms with E-state index >= 15 is 0 Å². The smallest absolute Gasteiger partial charge is 0.257 e. The minimum atomic E-state index is -0.369. The third-order valence-corrected chi connectivity index (χ3v) is 5.84. The van der Waals surface area contributed by atoms with Gasteiger partial charge in [-0.25, -0.2) is 0 Å². The summed E-state index contributed by atoms with van der Waals surface area (Å²) in [4.78, 5) is 27.4. The third kappa shape index (κ3) is 6.51. The molecular weight excluding hydrogens is 494 g/mol. The fourth-order valence-electron chi connectivity index (χ4n) is 3.37. The van der Waals surface area contributed by atoms with E-state index in [1.807, 2.05) is 17.0 Å². The van der Waals surface area contributed by atoms with Gasteiger partial charge in [0.25, 0.3) is 11.8 Å². The second-order valence-corrected chi connectivity index (χ2v) is 8.56. The molecule has 0 saturated carbocycles. The van der Waals surface area contributed by atoms with Gasteiger partial charge in [0.05, 0.1) is 22.3 Å². The van der Waals surface area contributed by atoms with E-state index in [2.05, 4.69) is 26.6 Å². The summed E-state index contributed by atoms with van der Waals surface area (Å²) in [6.07, 6.45) is 3.18. The highest BCUT2D eigenvalue weighted by Crippen LogP contribution is 2.26. The van der Waals surface area contributed by atoms with E-state index in [4.69, 9.17) is 21.7 Å². The summed E-state index contributed by atoms with van der Waals surface area (Å²) in [5, 5.41) is 5.77. The molecule has 2 aromatic carbocycles. The Morgan fingerprint density at radius 2 is 1.84 bits per heavy atom. The number of ether oxygens (including phenoxy) is 2. The Bertz CT molecular complexity index is 979. The lowest BCUT2D eigenvalue weighted by Gasteiger charge is -2.27. The van der Waals surface area contributed by atoms with Gasteiger partial charge in [-0.15, -0.1) is 0 Å². The van der Waals surface area contributed by atoms with Crippen molar-refractivity contribution in [1.29, 1.82) is 0 Å². The van der Waals surface area contributed by atoms with Gasteiger partial charge < -0.3 is 19.7 Å². The number of amides is 2. The lowest BCUT2D eigenvalue weighted by atomic mass is 10.1. The Hall–Kier alpha value is -2.49. The number of carbonyl (C=O) groups is 2. The molecule has 170 valence electrons. The molecule has 2 aromatic rings. The topological polar surface area (TPSA) is 79.9 Å². The zero-order chi connectivity index (χ0) is 22.9. The number of rotatable bonds is 7. The molecule has 1 heterocycles. The molecule has 0 aliphatic carbocycles. The van der Waals surface area contributed by atoms with E-state index in [1.54, 1.807) is 37.4 Å². The zero-order valence-electron chi connectivity index (χ0n) is 17.9. The zero-order valence-corrected chi connectivity index (χ0v) is 20.3. The third-order valence-electron chi connectivity index (χ3n) is 5.02. The minimum absolute atomic E-state index is 0.0325. The molecule has 2 amide bonds. The van der Waals surface area contributed by atoms with Crippen LogP contribution in [0.25, 0.3) is 0 Å². The maximum atomic E-state index is 12.9. The second kappa shape index (κ2) is 11.9. The van der Waals surface area contributed by atoms with Crippen LogP contribution in [-0.4, -0.2) is 55.2 Å². The summed E-state index contributed by atoms with van der Waals surface area (Å²) in [7, 11) is 1.60. The molecule has 9 heteroatoms. The van der Waals surface area contributed by atoms with Crippen LogP contribution in [0.2, 0.25) is 0 Å². The molecule has 1 fully saturated rings. The van der Waals surface area contributed by atoms with E-state index in [0.29, 0.717) is 40.3 Å². The van der Waals surface area contributed by atoms with Gasteiger partial charge in [0.1, 0.15) is 12.4 Å². The minimum Gasteiger partial charge on any atom is -0.490 e. The van der Waals surface area contributed by atoms with Crippen LogP contribution in [0.3, 0.4) is 0 Å². The molecule has 0 unspecified atom stereocenters. The van der Waals surface area contributed by atoms with Crippen LogP contribution in [0.5, 0.6) is 5.75 Å². The molecule has 1 aliphatic heterocycles. The van der Waals surface area contributed by atoms with Crippen LogP contribution < -0.4 is 15.4 Å². The molecule has 32 heavy (non-hydrogen) atoms. The summed E-state index contributed by atoms with van der Waals surface area (Å²) in [5.41, 5.74) is 1.51. The number of benzene rings is 2. The average molecular weight is 520 g/mol. The number of halogens is 1. The molecule has 1 saturated heterocycles. The van der Waals surface area contributed by atoms with Crippen molar-refractivity contribution in [2.45, 2.75) is 19.3 Å². The fourth-order valence-corrected chi connectivity index (χ4v) is 4.06. The van der Waals surface area contributed by atoms with Gasteiger partial charge >= 0.3 is 0 Å². The number of carbonyl (C=O) groups excluding carboxylic acids is 2.